The predicted molar refractivity (Wildman–Crippen MR) is 194 cm³/mol. The molecule has 0 spiro atoms. The Bertz CT molecular complexity index is 2600. The van der Waals surface area contributed by atoms with Crippen LogP contribution in [0.4, 0.5) is 11.4 Å². The van der Waals surface area contributed by atoms with Gasteiger partial charge in [0.15, 0.2) is 0 Å². The summed E-state index contributed by atoms with van der Waals surface area (Å²) in [5.41, 5.74) is 8.02. The van der Waals surface area contributed by atoms with E-state index in [2.05, 4.69) is 0 Å². The van der Waals surface area contributed by atoms with E-state index < -0.39 is 9.85 Å². The van der Waals surface area contributed by atoms with Gasteiger partial charge in [0.2, 0.25) is 0 Å². The Morgan fingerprint density at radius 3 is 1.08 bits per heavy atom. The quantitative estimate of drug-likeness (QED) is 0.114. The lowest BCUT2D eigenvalue weighted by Crippen LogP contribution is -1.97. The van der Waals surface area contributed by atoms with Crippen molar-refractivity contribution in [2.45, 2.75) is 0 Å². The molecule has 0 aliphatic heterocycles. The number of hydrogen-bond donors (Lipinski definition) is 0. The maximum Gasteiger partial charge on any atom is 0.269 e. The highest BCUT2D eigenvalue weighted by atomic mass is 16.6. The molecule has 11 nitrogen and oxygen atoms in total. The zero-order valence-corrected chi connectivity index (χ0v) is 26.6. The smallest absolute Gasteiger partial charge is 0.269 e. The van der Waals surface area contributed by atoms with Crippen LogP contribution in [0.3, 0.4) is 0 Å². The number of fused-ring (bicyclic) bond motifs is 2. The number of hydrogen-bond acceptors (Lipinski definition) is 9. The zero-order chi connectivity index (χ0) is 34.9. The number of nitro groups is 2. The number of aromatic nitrogens is 4. The first-order chi connectivity index (χ1) is 24.9. The van der Waals surface area contributed by atoms with Gasteiger partial charge in [-0.25, -0.2) is 19.9 Å². The molecule has 2 heterocycles. The highest BCUT2D eigenvalue weighted by Crippen LogP contribution is 2.36. The number of benzene rings is 6. The molecule has 0 fully saturated rings. The van der Waals surface area contributed by atoms with E-state index >= 15 is 0 Å². The van der Waals surface area contributed by atoms with Gasteiger partial charge in [-0.3, -0.25) is 20.2 Å². The molecule has 8 rings (SSSR count). The van der Waals surface area contributed by atoms with E-state index in [1.165, 1.54) is 24.3 Å². The average Bonchev–Trinajstić information content (AvgIpc) is 3.17. The maximum atomic E-state index is 11.3. The van der Waals surface area contributed by atoms with Gasteiger partial charge in [0.05, 0.1) is 54.7 Å². The van der Waals surface area contributed by atoms with Gasteiger partial charge in [0, 0.05) is 58.7 Å². The van der Waals surface area contributed by atoms with Gasteiger partial charge in [-0.05, 0) is 48.5 Å². The fourth-order valence-corrected chi connectivity index (χ4v) is 5.81. The van der Waals surface area contributed by atoms with Crippen LogP contribution < -0.4 is 4.74 Å². The molecule has 51 heavy (non-hydrogen) atoms. The van der Waals surface area contributed by atoms with E-state index in [1.807, 2.05) is 84.9 Å². The van der Waals surface area contributed by atoms with Crippen LogP contribution in [0.5, 0.6) is 11.5 Å². The molecule has 0 aliphatic carbocycles. The van der Waals surface area contributed by atoms with Gasteiger partial charge in [0.1, 0.15) is 11.5 Å². The Morgan fingerprint density at radius 2 is 0.725 bits per heavy atom. The fraction of sp³-hybridized carbons (Fsp3) is 0. The lowest BCUT2D eigenvalue weighted by atomic mass is 10.0. The lowest BCUT2D eigenvalue weighted by molar-refractivity contribution is -0.385. The minimum atomic E-state index is -0.434. The SMILES string of the molecule is O=[N+]([O-])c1ccc(-c2nc3ccc(Oc4ccc5nc(-c6ccccc6)c(-c6ccc([N+](=O)[O-])cc6)nc5c4)cc3nc2-c2ccccc2)cc1. The normalized spacial score (nSPS) is 11.1. The molecule has 11 heteroatoms. The number of rotatable bonds is 8. The summed E-state index contributed by atoms with van der Waals surface area (Å²) in [7, 11) is 0. The molecule has 0 bridgehead atoms. The summed E-state index contributed by atoms with van der Waals surface area (Å²) in [5, 5.41) is 22.5. The van der Waals surface area contributed by atoms with Crippen molar-refractivity contribution in [3.63, 3.8) is 0 Å². The second kappa shape index (κ2) is 12.9. The van der Waals surface area contributed by atoms with Crippen LogP contribution in [0.2, 0.25) is 0 Å². The number of ether oxygens (including phenoxy) is 1. The Hall–Kier alpha value is -7.40. The van der Waals surface area contributed by atoms with Crippen molar-refractivity contribution in [1.82, 2.24) is 19.9 Å². The molecule has 0 N–H and O–H groups in total. The molecular weight excluding hydrogens is 644 g/mol. The van der Waals surface area contributed by atoms with E-state index in [9.17, 15) is 20.2 Å². The second-order valence-corrected chi connectivity index (χ2v) is 11.6. The molecule has 0 atom stereocenters. The molecule has 6 aromatic carbocycles. The predicted octanol–water partition coefficient (Wildman–Crippen LogP) is 9.85. The minimum Gasteiger partial charge on any atom is -0.457 e. The van der Waals surface area contributed by atoms with Gasteiger partial charge >= 0.3 is 0 Å². The molecular formula is C40H24N6O5. The van der Waals surface area contributed by atoms with Crippen LogP contribution in [0.15, 0.2) is 146 Å². The Labute approximate surface area is 289 Å². The number of nitrogens with zero attached hydrogens (tertiary/aromatic N) is 6. The van der Waals surface area contributed by atoms with E-state index in [4.69, 9.17) is 24.7 Å². The number of non-ortho nitro benzene ring substituents is 2. The second-order valence-electron chi connectivity index (χ2n) is 11.6. The molecule has 0 amide bonds. The molecule has 0 radical (unpaired) electrons. The molecule has 0 unspecified atom stereocenters. The Morgan fingerprint density at radius 1 is 0.392 bits per heavy atom. The van der Waals surface area contributed by atoms with E-state index in [1.54, 1.807) is 36.4 Å². The molecule has 0 aliphatic rings. The van der Waals surface area contributed by atoms with Gasteiger partial charge < -0.3 is 4.74 Å². The van der Waals surface area contributed by atoms with Crippen LogP contribution >= 0.6 is 0 Å². The van der Waals surface area contributed by atoms with E-state index in [-0.39, 0.29) is 11.4 Å². The highest BCUT2D eigenvalue weighted by Gasteiger charge is 2.17. The first-order valence-corrected chi connectivity index (χ1v) is 15.8. The number of nitro benzene ring substituents is 2. The Kier molecular flexibility index (Phi) is 7.82. The molecule has 8 aromatic rings. The minimum absolute atomic E-state index is 0.00516. The van der Waals surface area contributed by atoms with Crippen LogP contribution in [0.1, 0.15) is 0 Å². The summed E-state index contributed by atoms with van der Waals surface area (Å²) in [5.74, 6) is 1.06. The van der Waals surface area contributed by atoms with Gasteiger partial charge in [-0.1, -0.05) is 60.7 Å². The molecule has 2 aromatic heterocycles. The van der Waals surface area contributed by atoms with Gasteiger partial charge in [-0.2, -0.15) is 0 Å². The first-order valence-electron chi connectivity index (χ1n) is 15.8. The lowest BCUT2D eigenvalue weighted by Gasteiger charge is -2.13. The monoisotopic (exact) mass is 668 g/mol. The third kappa shape index (κ3) is 6.18. The topological polar surface area (TPSA) is 147 Å². The van der Waals surface area contributed by atoms with Crippen molar-refractivity contribution in [3.05, 3.63) is 166 Å². The summed E-state index contributed by atoms with van der Waals surface area (Å²) >= 11 is 0. The van der Waals surface area contributed by atoms with Crippen LogP contribution in [-0.4, -0.2) is 29.8 Å². The zero-order valence-electron chi connectivity index (χ0n) is 26.6. The molecule has 244 valence electrons. The standard InChI is InChI=1S/C40H24N6O5/c47-45(48)29-15-11-27(12-16-29)39-38(26-9-5-2-6-10-26)43-35-23-31(20-22-34(35)42-39)51-32-19-21-33-36(24-32)44-40(28-13-17-30(18-14-28)46(49)50)37(41-33)25-7-3-1-4-8-25/h1-24H. The van der Waals surface area contributed by atoms with Crippen molar-refractivity contribution < 1.29 is 14.6 Å². The van der Waals surface area contributed by atoms with Crippen molar-refractivity contribution >= 4 is 33.4 Å². The van der Waals surface area contributed by atoms with Gasteiger partial charge in [-0.15, -0.1) is 0 Å². The third-order valence-corrected chi connectivity index (χ3v) is 8.30. The summed E-state index contributed by atoms with van der Waals surface area (Å²) in [6, 6.07) is 42.7. The first kappa shape index (κ1) is 30.9. The summed E-state index contributed by atoms with van der Waals surface area (Å²) < 4.78 is 6.32. The Balaban J connectivity index is 1.17. The summed E-state index contributed by atoms with van der Waals surface area (Å²) in [6.07, 6.45) is 0. The van der Waals surface area contributed by atoms with Gasteiger partial charge in [0.25, 0.3) is 11.4 Å². The van der Waals surface area contributed by atoms with Crippen molar-refractivity contribution in [2.24, 2.45) is 0 Å². The molecule has 0 saturated heterocycles. The average molecular weight is 669 g/mol. The third-order valence-electron chi connectivity index (χ3n) is 8.30. The fourth-order valence-electron chi connectivity index (χ4n) is 5.81. The summed E-state index contributed by atoms with van der Waals surface area (Å²) in [6.45, 7) is 0. The van der Waals surface area contributed by atoms with E-state index in [0.29, 0.717) is 67.5 Å². The van der Waals surface area contributed by atoms with Crippen molar-refractivity contribution in [1.29, 1.82) is 0 Å². The molecule has 0 saturated carbocycles. The van der Waals surface area contributed by atoms with Crippen LogP contribution in [0.25, 0.3) is 67.1 Å². The maximum absolute atomic E-state index is 11.3. The van der Waals surface area contributed by atoms with Crippen molar-refractivity contribution in [2.75, 3.05) is 0 Å². The largest absolute Gasteiger partial charge is 0.457 e. The highest BCUT2D eigenvalue weighted by molar-refractivity contribution is 5.88. The van der Waals surface area contributed by atoms with Crippen LogP contribution in [0, 0.1) is 20.2 Å². The van der Waals surface area contributed by atoms with Crippen molar-refractivity contribution in [3.8, 4) is 56.5 Å². The van der Waals surface area contributed by atoms with E-state index in [0.717, 1.165) is 11.1 Å². The van der Waals surface area contributed by atoms with Crippen LogP contribution in [-0.2, 0) is 0 Å². The summed E-state index contributed by atoms with van der Waals surface area (Å²) in [4.78, 5) is 41.5.